The Bertz CT molecular complexity index is 321. The summed E-state index contributed by atoms with van der Waals surface area (Å²) in [6.07, 6.45) is 0.807. The number of ether oxygens (including phenoxy) is 2. The number of hydrogen-bond donors (Lipinski definition) is 1. The lowest BCUT2D eigenvalue weighted by molar-refractivity contribution is 0.127. The lowest BCUT2D eigenvalue weighted by Crippen LogP contribution is -2.20. The van der Waals surface area contributed by atoms with Crippen LogP contribution in [-0.4, -0.2) is 25.4 Å². The van der Waals surface area contributed by atoms with Crippen LogP contribution in [0, 0.1) is 5.41 Å². The number of aliphatic hydroxyl groups is 1. The first kappa shape index (κ1) is 12.8. The molecule has 1 aromatic rings. The van der Waals surface area contributed by atoms with Crippen LogP contribution in [0.25, 0.3) is 0 Å². The van der Waals surface area contributed by atoms with Gasteiger partial charge in [-0.25, -0.2) is 0 Å². The Morgan fingerprint density at radius 2 is 1.81 bits per heavy atom. The minimum atomic E-state index is -0.0952. The molecule has 0 amide bonds. The third-order valence-electron chi connectivity index (χ3n) is 2.53. The number of para-hydroxylation sites is 2. The SMILES string of the molecule is COc1ccccc1OCCC(C)(C)CO. The minimum absolute atomic E-state index is 0.0952. The van der Waals surface area contributed by atoms with Crippen molar-refractivity contribution in [3.63, 3.8) is 0 Å². The van der Waals surface area contributed by atoms with Crippen molar-refractivity contribution in [3.8, 4) is 11.5 Å². The molecule has 0 aromatic heterocycles. The molecule has 3 nitrogen and oxygen atoms in total. The zero-order valence-corrected chi connectivity index (χ0v) is 10.2. The molecule has 0 aliphatic carbocycles. The molecule has 1 rings (SSSR count). The van der Waals surface area contributed by atoms with Crippen molar-refractivity contribution in [1.29, 1.82) is 0 Å². The molecule has 0 saturated heterocycles. The van der Waals surface area contributed by atoms with Crippen molar-refractivity contribution < 1.29 is 14.6 Å². The molecule has 0 heterocycles. The highest BCUT2D eigenvalue weighted by atomic mass is 16.5. The van der Waals surface area contributed by atoms with Crippen LogP contribution in [0.5, 0.6) is 11.5 Å². The summed E-state index contributed by atoms with van der Waals surface area (Å²) in [5.74, 6) is 1.49. The fraction of sp³-hybridized carbons (Fsp3) is 0.538. The van der Waals surface area contributed by atoms with Crippen molar-refractivity contribution in [2.24, 2.45) is 5.41 Å². The summed E-state index contributed by atoms with van der Waals surface area (Å²) in [5, 5.41) is 9.11. The Balaban J connectivity index is 2.49. The van der Waals surface area contributed by atoms with Crippen molar-refractivity contribution >= 4 is 0 Å². The number of rotatable bonds is 6. The minimum Gasteiger partial charge on any atom is -0.493 e. The van der Waals surface area contributed by atoms with Crippen LogP contribution in [0.2, 0.25) is 0 Å². The standard InChI is InChI=1S/C13H20O3/c1-13(2,10-14)8-9-16-12-7-5-4-6-11(12)15-3/h4-7,14H,8-10H2,1-3H3. The van der Waals surface area contributed by atoms with Gasteiger partial charge in [-0.3, -0.25) is 0 Å². The van der Waals surface area contributed by atoms with Crippen molar-refractivity contribution in [1.82, 2.24) is 0 Å². The normalized spacial score (nSPS) is 11.2. The summed E-state index contributed by atoms with van der Waals surface area (Å²) in [4.78, 5) is 0. The van der Waals surface area contributed by atoms with Crippen LogP contribution in [0.15, 0.2) is 24.3 Å². The maximum atomic E-state index is 9.11. The molecular formula is C13H20O3. The van der Waals surface area contributed by atoms with E-state index >= 15 is 0 Å². The summed E-state index contributed by atoms with van der Waals surface area (Å²) in [6, 6.07) is 7.57. The maximum absolute atomic E-state index is 9.11. The Hall–Kier alpha value is -1.22. The summed E-state index contributed by atoms with van der Waals surface area (Å²) in [5.41, 5.74) is -0.0952. The van der Waals surface area contributed by atoms with Crippen molar-refractivity contribution in [2.45, 2.75) is 20.3 Å². The molecular weight excluding hydrogens is 204 g/mol. The average molecular weight is 224 g/mol. The van der Waals surface area contributed by atoms with E-state index in [-0.39, 0.29) is 12.0 Å². The van der Waals surface area contributed by atoms with Gasteiger partial charge in [0, 0.05) is 6.61 Å². The molecule has 0 spiro atoms. The van der Waals surface area contributed by atoms with E-state index in [0.29, 0.717) is 6.61 Å². The molecule has 3 heteroatoms. The molecule has 0 bridgehead atoms. The fourth-order valence-electron chi connectivity index (χ4n) is 1.25. The van der Waals surface area contributed by atoms with E-state index in [1.54, 1.807) is 7.11 Å². The summed E-state index contributed by atoms with van der Waals surface area (Å²) in [6.45, 7) is 4.77. The number of hydrogen-bond acceptors (Lipinski definition) is 3. The Labute approximate surface area is 97.0 Å². The number of aliphatic hydroxyl groups excluding tert-OH is 1. The fourth-order valence-corrected chi connectivity index (χ4v) is 1.25. The van der Waals surface area contributed by atoms with Gasteiger partial charge in [0.2, 0.25) is 0 Å². The monoisotopic (exact) mass is 224 g/mol. The van der Waals surface area contributed by atoms with E-state index in [4.69, 9.17) is 14.6 Å². The van der Waals surface area contributed by atoms with E-state index in [0.717, 1.165) is 17.9 Å². The van der Waals surface area contributed by atoms with Gasteiger partial charge in [-0.1, -0.05) is 26.0 Å². The van der Waals surface area contributed by atoms with Gasteiger partial charge in [-0.2, -0.15) is 0 Å². The molecule has 1 aromatic carbocycles. The van der Waals surface area contributed by atoms with Gasteiger partial charge in [0.15, 0.2) is 11.5 Å². The second-order valence-corrected chi connectivity index (χ2v) is 4.57. The van der Waals surface area contributed by atoms with E-state index < -0.39 is 0 Å². The first-order valence-corrected chi connectivity index (χ1v) is 5.46. The van der Waals surface area contributed by atoms with Crippen LogP contribution < -0.4 is 9.47 Å². The molecule has 0 saturated carbocycles. The molecule has 0 aliphatic rings. The highest BCUT2D eigenvalue weighted by Crippen LogP contribution is 2.27. The Morgan fingerprint density at radius 3 is 2.38 bits per heavy atom. The lowest BCUT2D eigenvalue weighted by atomic mass is 9.91. The molecule has 0 unspecified atom stereocenters. The highest BCUT2D eigenvalue weighted by molar-refractivity contribution is 5.39. The van der Waals surface area contributed by atoms with Crippen LogP contribution >= 0.6 is 0 Å². The molecule has 16 heavy (non-hydrogen) atoms. The Morgan fingerprint density at radius 1 is 1.19 bits per heavy atom. The van der Waals surface area contributed by atoms with Gasteiger partial charge >= 0.3 is 0 Å². The topological polar surface area (TPSA) is 38.7 Å². The van der Waals surface area contributed by atoms with Gasteiger partial charge < -0.3 is 14.6 Å². The van der Waals surface area contributed by atoms with Crippen LogP contribution in [-0.2, 0) is 0 Å². The van der Waals surface area contributed by atoms with E-state index in [1.807, 2.05) is 38.1 Å². The van der Waals surface area contributed by atoms with Gasteiger partial charge in [0.05, 0.1) is 13.7 Å². The number of methoxy groups -OCH3 is 1. The second kappa shape index (κ2) is 5.75. The van der Waals surface area contributed by atoms with Crippen LogP contribution in [0.3, 0.4) is 0 Å². The third kappa shape index (κ3) is 3.74. The molecule has 0 atom stereocenters. The molecule has 1 N–H and O–H groups in total. The van der Waals surface area contributed by atoms with Gasteiger partial charge in [0.25, 0.3) is 0 Å². The van der Waals surface area contributed by atoms with Crippen LogP contribution in [0.1, 0.15) is 20.3 Å². The Kier molecular flexibility index (Phi) is 4.62. The quantitative estimate of drug-likeness (QED) is 0.806. The largest absolute Gasteiger partial charge is 0.493 e. The summed E-state index contributed by atoms with van der Waals surface area (Å²) < 4.78 is 10.8. The molecule has 0 fully saturated rings. The zero-order chi connectivity index (χ0) is 12.0. The van der Waals surface area contributed by atoms with Crippen molar-refractivity contribution in [3.05, 3.63) is 24.3 Å². The average Bonchev–Trinajstić information content (AvgIpc) is 2.29. The smallest absolute Gasteiger partial charge is 0.161 e. The molecule has 90 valence electrons. The summed E-state index contributed by atoms with van der Waals surface area (Å²) in [7, 11) is 1.62. The summed E-state index contributed by atoms with van der Waals surface area (Å²) >= 11 is 0. The molecule has 0 radical (unpaired) electrons. The first-order chi connectivity index (χ1) is 7.59. The zero-order valence-electron chi connectivity index (χ0n) is 10.2. The predicted molar refractivity (Wildman–Crippen MR) is 64.0 cm³/mol. The van der Waals surface area contributed by atoms with Gasteiger partial charge in [-0.15, -0.1) is 0 Å². The first-order valence-electron chi connectivity index (χ1n) is 5.46. The predicted octanol–water partition coefficient (Wildman–Crippen LogP) is 2.48. The van der Waals surface area contributed by atoms with Crippen LogP contribution in [0.4, 0.5) is 0 Å². The lowest BCUT2D eigenvalue weighted by Gasteiger charge is -2.21. The van der Waals surface area contributed by atoms with E-state index in [1.165, 1.54) is 0 Å². The van der Waals surface area contributed by atoms with E-state index in [2.05, 4.69) is 0 Å². The third-order valence-corrected chi connectivity index (χ3v) is 2.53. The van der Waals surface area contributed by atoms with Gasteiger partial charge in [0.1, 0.15) is 0 Å². The maximum Gasteiger partial charge on any atom is 0.161 e. The highest BCUT2D eigenvalue weighted by Gasteiger charge is 2.16. The van der Waals surface area contributed by atoms with Crippen molar-refractivity contribution in [2.75, 3.05) is 20.3 Å². The number of benzene rings is 1. The molecule has 0 aliphatic heterocycles. The van der Waals surface area contributed by atoms with Gasteiger partial charge in [-0.05, 0) is 24.0 Å². The van der Waals surface area contributed by atoms with E-state index in [9.17, 15) is 0 Å². The second-order valence-electron chi connectivity index (χ2n) is 4.57.